The maximum absolute atomic E-state index is 3.63. The van der Waals surface area contributed by atoms with Crippen LogP contribution in [0.3, 0.4) is 0 Å². The fourth-order valence-electron chi connectivity index (χ4n) is 0.908. The number of rotatable bonds is 9. The van der Waals surface area contributed by atoms with E-state index in [1.165, 1.54) is 12.8 Å². The van der Waals surface area contributed by atoms with Crippen molar-refractivity contribution in [3.05, 3.63) is 25.3 Å². The van der Waals surface area contributed by atoms with E-state index in [4.69, 9.17) is 0 Å². The van der Waals surface area contributed by atoms with Crippen LogP contribution in [0.2, 0.25) is 0 Å². The standard InChI is InChI=1S/C10H20N2.2ClH/c1-3-7-11-9-5-6-10-12-8-4-2;;/h3-4,11-12H,1-2,5-10H2;2*1H. The second kappa shape index (κ2) is 18.7. The quantitative estimate of drug-likeness (QED) is 0.477. The fourth-order valence-corrected chi connectivity index (χ4v) is 0.908. The van der Waals surface area contributed by atoms with E-state index in [0.29, 0.717) is 0 Å². The van der Waals surface area contributed by atoms with Gasteiger partial charge in [0.25, 0.3) is 0 Å². The Morgan fingerprint density at radius 1 is 0.786 bits per heavy atom. The summed E-state index contributed by atoms with van der Waals surface area (Å²) < 4.78 is 0. The Morgan fingerprint density at radius 3 is 1.43 bits per heavy atom. The van der Waals surface area contributed by atoms with Gasteiger partial charge in [-0.25, -0.2) is 0 Å². The molecule has 0 bridgehead atoms. The van der Waals surface area contributed by atoms with E-state index in [0.717, 1.165) is 26.2 Å². The van der Waals surface area contributed by atoms with Crippen LogP contribution in [0.15, 0.2) is 25.3 Å². The predicted octanol–water partition coefficient (Wildman–Crippen LogP) is 2.16. The minimum atomic E-state index is 0. The summed E-state index contributed by atoms with van der Waals surface area (Å²) in [6, 6.07) is 0. The van der Waals surface area contributed by atoms with Crippen LogP contribution in [-0.2, 0) is 0 Å². The first kappa shape index (κ1) is 19.5. The molecule has 0 amide bonds. The minimum absolute atomic E-state index is 0. The van der Waals surface area contributed by atoms with Gasteiger partial charge in [0.15, 0.2) is 0 Å². The molecule has 0 radical (unpaired) electrons. The van der Waals surface area contributed by atoms with E-state index >= 15 is 0 Å². The van der Waals surface area contributed by atoms with Crippen molar-refractivity contribution in [1.82, 2.24) is 10.6 Å². The summed E-state index contributed by atoms with van der Waals surface area (Å²) in [6.45, 7) is 11.3. The van der Waals surface area contributed by atoms with Crippen molar-refractivity contribution in [3.8, 4) is 0 Å². The second-order valence-corrected chi connectivity index (χ2v) is 2.69. The molecular formula is C10H22Cl2N2. The monoisotopic (exact) mass is 240 g/mol. The highest BCUT2D eigenvalue weighted by molar-refractivity contribution is 5.85. The number of halogens is 2. The SMILES string of the molecule is C=CCNCCCCNCC=C.Cl.Cl. The van der Waals surface area contributed by atoms with E-state index in [1.807, 2.05) is 12.2 Å². The molecule has 0 spiro atoms. The van der Waals surface area contributed by atoms with Gasteiger partial charge in [0.2, 0.25) is 0 Å². The van der Waals surface area contributed by atoms with Crippen LogP contribution in [0.5, 0.6) is 0 Å². The molecule has 0 aliphatic heterocycles. The zero-order valence-electron chi connectivity index (χ0n) is 8.63. The molecule has 86 valence electrons. The van der Waals surface area contributed by atoms with Gasteiger partial charge in [-0.1, -0.05) is 12.2 Å². The smallest absolute Gasteiger partial charge is 0.0132 e. The third-order valence-electron chi connectivity index (χ3n) is 1.53. The van der Waals surface area contributed by atoms with Gasteiger partial charge in [0, 0.05) is 13.1 Å². The zero-order valence-corrected chi connectivity index (χ0v) is 10.3. The molecule has 0 unspecified atom stereocenters. The molecule has 0 aromatic heterocycles. The first-order valence-electron chi connectivity index (χ1n) is 4.55. The molecule has 14 heavy (non-hydrogen) atoms. The lowest BCUT2D eigenvalue weighted by Crippen LogP contribution is -2.18. The van der Waals surface area contributed by atoms with Gasteiger partial charge < -0.3 is 10.6 Å². The summed E-state index contributed by atoms with van der Waals surface area (Å²) in [5.74, 6) is 0. The molecule has 0 aliphatic carbocycles. The highest BCUT2D eigenvalue weighted by Gasteiger charge is 1.86. The Kier molecular flexibility index (Phi) is 26.1. The molecule has 0 aromatic rings. The third-order valence-corrected chi connectivity index (χ3v) is 1.53. The van der Waals surface area contributed by atoms with Crippen molar-refractivity contribution in [2.45, 2.75) is 12.8 Å². The molecule has 4 heteroatoms. The van der Waals surface area contributed by atoms with Crippen molar-refractivity contribution in [2.24, 2.45) is 0 Å². The van der Waals surface area contributed by atoms with Gasteiger partial charge in [-0.05, 0) is 25.9 Å². The van der Waals surface area contributed by atoms with Crippen molar-refractivity contribution >= 4 is 24.8 Å². The Hall–Kier alpha value is -0.0200. The van der Waals surface area contributed by atoms with Crippen molar-refractivity contribution < 1.29 is 0 Å². The van der Waals surface area contributed by atoms with Crippen molar-refractivity contribution in [3.63, 3.8) is 0 Å². The lowest BCUT2D eigenvalue weighted by atomic mass is 10.3. The van der Waals surface area contributed by atoms with E-state index in [-0.39, 0.29) is 24.8 Å². The first-order valence-corrected chi connectivity index (χ1v) is 4.55. The molecule has 0 aliphatic rings. The molecule has 0 atom stereocenters. The molecule has 0 fully saturated rings. The van der Waals surface area contributed by atoms with Crippen LogP contribution in [0.1, 0.15) is 12.8 Å². The summed E-state index contributed by atoms with van der Waals surface area (Å²) in [7, 11) is 0. The largest absolute Gasteiger partial charge is 0.313 e. The first-order chi connectivity index (χ1) is 5.91. The van der Waals surface area contributed by atoms with Crippen LogP contribution in [0.25, 0.3) is 0 Å². The van der Waals surface area contributed by atoms with Crippen molar-refractivity contribution in [1.29, 1.82) is 0 Å². The van der Waals surface area contributed by atoms with E-state index < -0.39 is 0 Å². The maximum Gasteiger partial charge on any atom is 0.0132 e. The van der Waals surface area contributed by atoms with Crippen LogP contribution in [-0.4, -0.2) is 26.2 Å². The molecule has 2 N–H and O–H groups in total. The van der Waals surface area contributed by atoms with Gasteiger partial charge in [0.1, 0.15) is 0 Å². The average Bonchev–Trinajstić information content (AvgIpc) is 2.10. The summed E-state index contributed by atoms with van der Waals surface area (Å²) in [5, 5.41) is 6.52. The topological polar surface area (TPSA) is 24.1 Å². The summed E-state index contributed by atoms with van der Waals surface area (Å²) in [5.41, 5.74) is 0. The van der Waals surface area contributed by atoms with Gasteiger partial charge in [-0.2, -0.15) is 0 Å². The van der Waals surface area contributed by atoms with Gasteiger partial charge in [0.05, 0.1) is 0 Å². The Labute approximate surface area is 100 Å². The Bertz CT molecular complexity index is 105. The zero-order chi connectivity index (χ0) is 9.07. The lowest BCUT2D eigenvalue weighted by Gasteiger charge is -2.02. The normalized spacial score (nSPS) is 8.29. The van der Waals surface area contributed by atoms with Crippen LogP contribution in [0.4, 0.5) is 0 Å². The molecule has 0 saturated heterocycles. The Morgan fingerprint density at radius 2 is 1.14 bits per heavy atom. The van der Waals surface area contributed by atoms with E-state index in [1.54, 1.807) is 0 Å². The van der Waals surface area contributed by atoms with Gasteiger partial charge in [-0.15, -0.1) is 38.0 Å². The maximum atomic E-state index is 3.63. The molecule has 0 heterocycles. The van der Waals surface area contributed by atoms with Crippen LogP contribution >= 0.6 is 24.8 Å². The lowest BCUT2D eigenvalue weighted by molar-refractivity contribution is 0.617. The number of unbranched alkanes of at least 4 members (excludes halogenated alkanes) is 1. The Balaban J connectivity index is -0.000000605. The van der Waals surface area contributed by atoms with Crippen molar-refractivity contribution in [2.75, 3.05) is 26.2 Å². The molecular weight excluding hydrogens is 219 g/mol. The minimum Gasteiger partial charge on any atom is -0.313 e. The van der Waals surface area contributed by atoms with E-state index in [9.17, 15) is 0 Å². The van der Waals surface area contributed by atoms with E-state index in [2.05, 4.69) is 23.8 Å². The molecule has 0 saturated carbocycles. The number of nitrogens with one attached hydrogen (secondary N) is 2. The van der Waals surface area contributed by atoms with Crippen LogP contribution < -0.4 is 10.6 Å². The summed E-state index contributed by atoms with van der Waals surface area (Å²) >= 11 is 0. The van der Waals surface area contributed by atoms with Gasteiger partial charge in [-0.3, -0.25) is 0 Å². The second-order valence-electron chi connectivity index (χ2n) is 2.69. The third kappa shape index (κ3) is 17.9. The average molecular weight is 241 g/mol. The molecule has 0 rings (SSSR count). The summed E-state index contributed by atoms with van der Waals surface area (Å²) in [4.78, 5) is 0. The number of hydrogen-bond acceptors (Lipinski definition) is 2. The number of hydrogen-bond donors (Lipinski definition) is 2. The highest BCUT2D eigenvalue weighted by atomic mass is 35.5. The predicted molar refractivity (Wildman–Crippen MR) is 69.9 cm³/mol. The van der Waals surface area contributed by atoms with Gasteiger partial charge >= 0.3 is 0 Å². The fraction of sp³-hybridized carbons (Fsp3) is 0.600. The molecule has 0 aromatic carbocycles. The highest BCUT2D eigenvalue weighted by Crippen LogP contribution is 1.83. The summed E-state index contributed by atoms with van der Waals surface area (Å²) in [6.07, 6.45) is 6.21. The molecule has 2 nitrogen and oxygen atoms in total. The van der Waals surface area contributed by atoms with Crippen LogP contribution in [0, 0.1) is 0 Å².